The number of para-hydroxylation sites is 1. The van der Waals surface area contributed by atoms with E-state index in [1.807, 2.05) is 137 Å². The number of nitrogens with two attached hydrogens (primary N) is 1. The number of H-pyrrole nitrogens is 2. The van der Waals surface area contributed by atoms with Crippen molar-refractivity contribution in [2.75, 3.05) is 44.8 Å². The number of Topliss-reactive ketones (excluding diaryl/α,β-unsaturated/α-hetero) is 1. The molecule has 0 aliphatic carbocycles. The largest absolute Gasteiger partial charge is 0.535 e. The van der Waals surface area contributed by atoms with Crippen molar-refractivity contribution in [2.24, 2.45) is 31.5 Å². The number of hydrogen-bond donors (Lipinski definition) is 8. The number of esters is 4. The molecule has 0 unspecified atom stereocenters. The molecule has 0 saturated heterocycles. The highest BCUT2D eigenvalue weighted by molar-refractivity contribution is 9.09. The number of halogens is 2. The smallest absolute Gasteiger partial charge is 0.526 e. The van der Waals surface area contributed by atoms with Gasteiger partial charge in [-0.15, -0.1) is 20.4 Å². The third-order valence-corrected chi connectivity index (χ3v) is 14.6. The number of tetrazole rings is 3. The number of ether oxygens (including phenoxy) is 5. The second kappa shape index (κ2) is 56.8. The second-order valence-electron chi connectivity index (χ2n) is 23.5. The number of aromatic amines is 2. The van der Waals surface area contributed by atoms with Crippen molar-refractivity contribution < 1.29 is 102 Å². The van der Waals surface area contributed by atoms with E-state index < -0.39 is 71.5 Å². The van der Waals surface area contributed by atoms with Crippen LogP contribution < -0.4 is 20.5 Å². The summed E-state index contributed by atoms with van der Waals surface area (Å²) in [4.78, 5) is 104. The molecule has 0 fully saturated rings. The van der Waals surface area contributed by atoms with E-state index in [0.717, 1.165) is 38.6 Å². The molecule has 5 aromatic carbocycles. The van der Waals surface area contributed by atoms with Gasteiger partial charge in [-0.05, 0) is 116 Å². The minimum atomic E-state index is -1.40. The van der Waals surface area contributed by atoms with Crippen molar-refractivity contribution in [3.8, 4) is 5.75 Å². The molecule has 9 N–H and O–H groups in total. The number of aromatic nitrogens is 12. The zero-order valence-electron chi connectivity index (χ0n) is 65.0. The van der Waals surface area contributed by atoms with Gasteiger partial charge in [0.1, 0.15) is 31.1 Å². The molecule has 1 aliphatic heterocycles. The Balaban J connectivity index is 0.000000366. The molecule has 8 aromatic rings. The van der Waals surface area contributed by atoms with Gasteiger partial charge in [0.05, 0.1) is 53.9 Å². The lowest BCUT2D eigenvalue weighted by molar-refractivity contribution is -0.805. The van der Waals surface area contributed by atoms with Gasteiger partial charge in [-0.1, -0.05) is 206 Å². The quantitative estimate of drug-likeness (QED) is 0.00217. The number of aromatic carboxylic acids is 1. The number of aryl methyl sites for hydroxylation is 1. The molecule has 0 radical (unpaired) electrons. The first-order valence-corrected chi connectivity index (χ1v) is 37.7. The molecule has 3 aromatic heterocycles. The van der Waals surface area contributed by atoms with Gasteiger partial charge < -0.3 is 84.1 Å². The lowest BCUT2D eigenvalue weighted by Gasteiger charge is -2.27. The highest BCUT2D eigenvalue weighted by Gasteiger charge is 2.39. The summed E-state index contributed by atoms with van der Waals surface area (Å²) in [5.74, 6) is -6.42. The lowest BCUT2D eigenvalue weighted by atomic mass is 9.64. The molecule has 0 spiro atoms. The van der Waals surface area contributed by atoms with Crippen LogP contribution in [0.2, 0.25) is 5.82 Å². The summed E-state index contributed by atoms with van der Waals surface area (Å²) in [7, 11) is -1.40. The summed E-state index contributed by atoms with van der Waals surface area (Å²) in [6.45, 7) is 30.5. The Morgan fingerprint density at radius 3 is 1.60 bits per heavy atom. The number of rotatable bonds is 29. The summed E-state index contributed by atoms with van der Waals surface area (Å²) < 4.78 is 29.1. The Kier molecular flexibility index (Phi) is 47.5. The molecule has 41 nitrogen and oxygen atoms in total. The van der Waals surface area contributed by atoms with Gasteiger partial charge in [-0.3, -0.25) is 14.4 Å². The summed E-state index contributed by atoms with van der Waals surface area (Å²) in [5, 5.41) is 92.5. The average molecular weight is 1750 g/mol. The van der Waals surface area contributed by atoms with Crippen LogP contribution in [0.15, 0.2) is 165 Å². The van der Waals surface area contributed by atoms with Crippen molar-refractivity contribution in [1.29, 1.82) is 0 Å². The number of alkyl carbamates (subject to hydrolysis) is 1. The SMILES string of the molecule is BrCc1ccccc1.CC(C)(C)OC(=O)NCCBr.CCC[n+]1nc(C(=NOCc2ccccc2)C(=O)OCC)n[nH]1.CCOC(=O)C(=NOCc1ccccc1)c1nn[nH]n1.NCCn1nnc(C(=NO)C(=O)C[C@H]2Cc3cccc(C(=O)O)c3OB2O)n1.[C-]#[N+]/C(=N\O)C(=O)OCC.[C-]#[N+]C(=NOCc1ccccc1)C(=O)OCC. The summed E-state index contributed by atoms with van der Waals surface area (Å²) in [6.07, 6.45) is 0.491. The van der Waals surface area contributed by atoms with Crippen LogP contribution in [-0.4, -0.2) is 205 Å². The molecule has 4 heterocycles. The van der Waals surface area contributed by atoms with Crippen LogP contribution in [0.5, 0.6) is 5.75 Å². The Morgan fingerprint density at radius 1 is 0.658 bits per heavy atom. The van der Waals surface area contributed by atoms with Gasteiger partial charge in [0.15, 0.2) is 18.1 Å². The molecule has 117 heavy (non-hydrogen) atoms. The zero-order valence-corrected chi connectivity index (χ0v) is 68.2. The van der Waals surface area contributed by atoms with Crippen molar-refractivity contribution in [2.45, 2.75) is 124 Å². The van der Waals surface area contributed by atoms with E-state index in [-0.39, 0.29) is 118 Å². The number of hydrogen-bond acceptors (Lipinski definition) is 33. The number of carboxylic acid groups (broad SMARTS) is 1. The van der Waals surface area contributed by atoms with Crippen LogP contribution in [-0.2, 0) is 107 Å². The average Bonchev–Trinajstić information content (AvgIpc) is 1.60. The number of carbonyl (C=O) groups excluding carboxylic acids is 6. The van der Waals surface area contributed by atoms with E-state index in [0.29, 0.717) is 18.7 Å². The fourth-order valence-electron chi connectivity index (χ4n) is 8.48. The van der Waals surface area contributed by atoms with Crippen LogP contribution in [0.3, 0.4) is 0 Å². The number of nitrogens with zero attached hydrogens (tertiary/aromatic N) is 17. The number of carboxylic acids is 1. The first-order valence-electron chi connectivity index (χ1n) is 35.4. The van der Waals surface area contributed by atoms with Gasteiger partial charge in [-0.2, -0.15) is 10.0 Å². The number of ketones is 1. The van der Waals surface area contributed by atoms with Gasteiger partial charge in [-0.25, -0.2) is 19.2 Å². The monoisotopic (exact) mass is 1750 g/mol. The number of amidine groups is 2. The number of amides is 1. The van der Waals surface area contributed by atoms with E-state index in [1.165, 1.54) is 16.4 Å². The molecular formula is C73H89BBr2N21O20+. The third kappa shape index (κ3) is 38.4. The van der Waals surface area contributed by atoms with E-state index >= 15 is 0 Å². The van der Waals surface area contributed by atoms with Crippen molar-refractivity contribution in [3.05, 3.63) is 213 Å². The number of oxime groups is 5. The van der Waals surface area contributed by atoms with Gasteiger partial charge in [0, 0.05) is 36.0 Å². The van der Waals surface area contributed by atoms with E-state index in [4.69, 9.17) is 57.5 Å². The number of benzene rings is 5. The summed E-state index contributed by atoms with van der Waals surface area (Å²) in [5.41, 5.74) is 8.97. The standard InChI is InChI=1S/C15H17BN6O6.C15H19N5O3.C12H13N5O3.C12H12N2O3.C7H14BrNO2.C7H7Br.C5H6N2O3/c17-4-5-22-19-14(18-21-22)12(20-27)11(23)7-9-6-8-2-1-3-10(15(24)25)13(8)28-16(9)26;1-3-10-20-17-14(16-19-20)13(15(21)22-4-2)18-23-11-12-8-6-5-7-9-12;1-2-19-12(18)10(11-13-16-17-14-11)15-20-8-9-6-4-3-5-7-9;1-3-16-12(15)11(13-2)14-17-9-10-7-5-4-6-8-10;1-7(2,3)11-6(10)9-5-4-8;8-6-7-4-2-1-3-5-7;1-3-10-5(8)4(6-2)7-9/h1-3,9,26-27H,4-7,17H2,(H,24,25);5-9H,3-4,10-11H2,1-2H3;3-7H,2,8H2,1H3,(H,13,14,16,17);4-8H,3,9H2,1H3;4-5H2,1-3H3,(H,9,10);1-5H,6H2;9H,3H2,1H3/p+1/b;;;;;;7-4-/t9-;;;;;;/m1....../s1. The van der Waals surface area contributed by atoms with Crippen molar-refractivity contribution >= 4 is 110 Å². The normalized spacial score (nSPS) is 12.1. The Hall–Kier alpha value is -13.3. The predicted octanol–water partition coefficient (Wildman–Crippen LogP) is 7.37. The van der Waals surface area contributed by atoms with E-state index in [1.54, 1.807) is 39.8 Å². The molecule has 44 heteroatoms. The molecule has 1 atom stereocenters. The topological polar surface area (TPSA) is 536 Å². The minimum Gasteiger partial charge on any atom is -0.535 e. The van der Waals surface area contributed by atoms with Gasteiger partial charge >= 0.3 is 60.6 Å². The molecule has 0 saturated carbocycles. The predicted molar refractivity (Wildman–Crippen MR) is 426 cm³/mol. The van der Waals surface area contributed by atoms with Crippen LogP contribution in [0, 0.1) is 13.1 Å². The molecule has 1 aliphatic rings. The van der Waals surface area contributed by atoms with Crippen LogP contribution in [0.4, 0.5) is 4.79 Å². The lowest BCUT2D eigenvalue weighted by Crippen LogP contribution is -2.39. The Morgan fingerprint density at radius 2 is 1.16 bits per heavy atom. The first kappa shape index (κ1) is 97.9. The first-order chi connectivity index (χ1) is 56.4. The third-order valence-electron chi connectivity index (χ3n) is 13.6. The molecule has 622 valence electrons. The number of nitrogens with one attached hydrogen (secondary N) is 3. The zero-order chi connectivity index (χ0) is 86.2. The maximum absolute atomic E-state index is 12.5. The maximum atomic E-state index is 12.5. The van der Waals surface area contributed by atoms with Gasteiger partial charge in [0.2, 0.25) is 17.4 Å². The van der Waals surface area contributed by atoms with Crippen LogP contribution in [0.25, 0.3) is 9.69 Å². The number of alkyl halides is 2. The van der Waals surface area contributed by atoms with E-state index in [9.17, 15) is 48.9 Å². The van der Waals surface area contributed by atoms with Crippen LogP contribution in [0.1, 0.15) is 124 Å². The van der Waals surface area contributed by atoms with E-state index in [2.05, 4.69) is 146 Å². The maximum Gasteiger partial charge on any atom is 0.526 e. The Labute approximate surface area is 688 Å². The highest BCUT2D eigenvalue weighted by Crippen LogP contribution is 2.36. The van der Waals surface area contributed by atoms with Crippen LogP contribution >= 0.6 is 31.9 Å². The number of fused-ring (bicyclic) bond motifs is 1. The highest BCUT2D eigenvalue weighted by atomic mass is 79.9. The van der Waals surface area contributed by atoms with Crippen molar-refractivity contribution in [3.63, 3.8) is 0 Å². The fraction of sp³-hybridized carbons (Fsp3) is 0.356. The Bertz CT molecular complexity index is 4570. The summed E-state index contributed by atoms with van der Waals surface area (Å²) in [6, 6.07) is 43.1. The molecule has 0 bridgehead atoms. The summed E-state index contributed by atoms with van der Waals surface area (Å²) >= 11 is 6.54. The van der Waals surface area contributed by atoms with Crippen molar-refractivity contribution in [1.82, 2.24) is 61.6 Å². The molecule has 9 rings (SSSR count). The molecule has 1 amide bonds. The second-order valence-corrected chi connectivity index (χ2v) is 24.8. The molecular weight excluding hydrogens is 1660 g/mol. The number of carbonyl (C=O) groups is 7. The minimum absolute atomic E-state index is 0.0245. The van der Waals surface area contributed by atoms with Gasteiger partial charge in [0.25, 0.3) is 5.71 Å². The fourth-order valence-corrected chi connectivity index (χ4v) is 9.05.